The number of halogens is 2. The lowest BCUT2D eigenvalue weighted by molar-refractivity contribution is -0.0449. The van der Waals surface area contributed by atoms with Crippen molar-refractivity contribution in [2.24, 2.45) is 0 Å². The van der Waals surface area contributed by atoms with E-state index in [9.17, 15) is 19.0 Å². The van der Waals surface area contributed by atoms with E-state index in [1.165, 1.54) is 24.3 Å². The van der Waals surface area contributed by atoms with E-state index in [1.807, 2.05) is 26.0 Å². The Morgan fingerprint density at radius 1 is 0.971 bits per heavy atom. The molecule has 0 atom stereocenters. The zero-order valence-electron chi connectivity index (χ0n) is 18.4. The maximum absolute atomic E-state index is 14.4. The van der Waals surface area contributed by atoms with Crippen molar-refractivity contribution in [2.75, 3.05) is 0 Å². The van der Waals surface area contributed by atoms with E-state index in [2.05, 4.69) is 10.2 Å². The van der Waals surface area contributed by atoms with Crippen LogP contribution in [0.5, 0.6) is 11.6 Å². The number of aromatic amines is 1. The Morgan fingerprint density at radius 2 is 1.74 bits per heavy atom. The number of aliphatic hydroxyl groups is 2. The fourth-order valence-corrected chi connectivity index (χ4v) is 4.13. The quantitative estimate of drug-likeness (QED) is 0.281. The van der Waals surface area contributed by atoms with Crippen LogP contribution in [-0.4, -0.2) is 25.4 Å². The van der Waals surface area contributed by atoms with Crippen LogP contribution < -0.4 is 4.74 Å². The Labute approximate surface area is 193 Å². The van der Waals surface area contributed by atoms with Crippen LogP contribution in [-0.2, 0) is 0 Å². The molecule has 6 nitrogen and oxygen atoms in total. The number of pyridine rings is 1. The highest BCUT2D eigenvalue weighted by atomic mass is 19.1. The first-order chi connectivity index (χ1) is 16.3. The van der Waals surface area contributed by atoms with E-state index in [-0.39, 0.29) is 28.9 Å². The number of nitrogens with one attached hydrogen (secondary N) is 1. The Kier molecular flexibility index (Phi) is 5.47. The van der Waals surface area contributed by atoms with Gasteiger partial charge in [-0.15, -0.1) is 0 Å². The molecular formula is C26H21F2N3O3. The van der Waals surface area contributed by atoms with Crippen molar-refractivity contribution in [2.45, 2.75) is 26.1 Å². The second-order valence-corrected chi connectivity index (χ2v) is 8.35. The van der Waals surface area contributed by atoms with Gasteiger partial charge in [-0.05, 0) is 53.4 Å². The van der Waals surface area contributed by atoms with Crippen molar-refractivity contribution in [1.82, 2.24) is 15.2 Å². The summed E-state index contributed by atoms with van der Waals surface area (Å²) in [7, 11) is 0. The Balaban J connectivity index is 1.77. The lowest BCUT2D eigenvalue weighted by atomic mass is 9.90. The van der Waals surface area contributed by atoms with Crippen LogP contribution in [0.1, 0.15) is 37.2 Å². The van der Waals surface area contributed by atoms with Gasteiger partial charge in [-0.1, -0.05) is 26.0 Å². The summed E-state index contributed by atoms with van der Waals surface area (Å²) in [5.74, 6) is -0.767. The Morgan fingerprint density at radius 3 is 2.41 bits per heavy atom. The second-order valence-electron chi connectivity index (χ2n) is 8.35. The summed E-state index contributed by atoms with van der Waals surface area (Å²) in [6.07, 6.45) is -0.205. The number of H-pyrrole nitrogens is 1. The van der Waals surface area contributed by atoms with Gasteiger partial charge in [0, 0.05) is 28.0 Å². The number of hydrogen-bond donors (Lipinski definition) is 3. The molecule has 0 saturated heterocycles. The minimum absolute atomic E-state index is 0.0459. The molecule has 3 aromatic carbocycles. The van der Waals surface area contributed by atoms with Gasteiger partial charge in [0.1, 0.15) is 17.4 Å². The van der Waals surface area contributed by atoms with Crippen molar-refractivity contribution in [1.29, 1.82) is 0 Å². The molecule has 0 aliphatic rings. The molecule has 0 bridgehead atoms. The summed E-state index contributed by atoms with van der Waals surface area (Å²) < 4.78 is 34.1. The number of ether oxygens (including phenoxy) is 1. The summed E-state index contributed by atoms with van der Waals surface area (Å²) in [5, 5.41) is 27.4. The predicted molar refractivity (Wildman–Crippen MR) is 125 cm³/mol. The van der Waals surface area contributed by atoms with Gasteiger partial charge in [0.15, 0.2) is 6.29 Å². The number of benzene rings is 3. The van der Waals surface area contributed by atoms with Crippen molar-refractivity contribution in [3.05, 3.63) is 83.6 Å². The maximum Gasteiger partial charge on any atom is 0.223 e. The molecular weight excluding hydrogens is 440 g/mol. The van der Waals surface area contributed by atoms with E-state index in [0.29, 0.717) is 5.52 Å². The molecule has 2 aromatic heterocycles. The summed E-state index contributed by atoms with van der Waals surface area (Å²) >= 11 is 0. The van der Waals surface area contributed by atoms with E-state index in [4.69, 9.17) is 9.72 Å². The topological polar surface area (TPSA) is 91.3 Å². The lowest BCUT2D eigenvalue weighted by Gasteiger charge is -2.20. The van der Waals surface area contributed by atoms with Crippen LogP contribution in [0.4, 0.5) is 8.78 Å². The van der Waals surface area contributed by atoms with Crippen LogP contribution >= 0.6 is 0 Å². The fourth-order valence-electron chi connectivity index (χ4n) is 4.13. The molecule has 0 radical (unpaired) electrons. The van der Waals surface area contributed by atoms with Gasteiger partial charge in [-0.25, -0.2) is 13.8 Å². The summed E-state index contributed by atoms with van der Waals surface area (Å²) in [6, 6.07) is 13.8. The lowest BCUT2D eigenvalue weighted by Crippen LogP contribution is -2.03. The maximum atomic E-state index is 14.4. The van der Waals surface area contributed by atoms with Gasteiger partial charge in [0.05, 0.1) is 17.2 Å². The minimum Gasteiger partial charge on any atom is -0.439 e. The van der Waals surface area contributed by atoms with Gasteiger partial charge in [0.25, 0.3) is 0 Å². The summed E-state index contributed by atoms with van der Waals surface area (Å²) in [4.78, 5) is 4.75. The Bertz CT molecular complexity index is 1510. The monoisotopic (exact) mass is 461 g/mol. The van der Waals surface area contributed by atoms with E-state index in [0.717, 1.165) is 39.0 Å². The van der Waals surface area contributed by atoms with Crippen LogP contribution in [0.2, 0.25) is 0 Å². The van der Waals surface area contributed by atoms with Crippen molar-refractivity contribution in [3.63, 3.8) is 0 Å². The number of fused-ring (bicyclic) bond motifs is 2. The molecule has 3 N–H and O–H groups in total. The molecule has 0 amide bonds. The molecule has 8 heteroatoms. The Hall–Kier alpha value is -3.88. The van der Waals surface area contributed by atoms with Crippen LogP contribution in [0.15, 0.2) is 60.8 Å². The zero-order chi connectivity index (χ0) is 24.0. The third kappa shape index (κ3) is 3.87. The van der Waals surface area contributed by atoms with Gasteiger partial charge in [0.2, 0.25) is 5.88 Å². The molecule has 5 aromatic rings. The predicted octanol–water partition coefficient (Wildman–Crippen LogP) is 5.96. The van der Waals surface area contributed by atoms with Crippen molar-refractivity contribution in [3.8, 4) is 22.8 Å². The first-order valence-electron chi connectivity index (χ1n) is 10.7. The van der Waals surface area contributed by atoms with Gasteiger partial charge in [-0.2, -0.15) is 5.10 Å². The third-order valence-corrected chi connectivity index (χ3v) is 5.72. The van der Waals surface area contributed by atoms with Crippen LogP contribution in [0, 0.1) is 11.6 Å². The average molecular weight is 461 g/mol. The van der Waals surface area contributed by atoms with Crippen LogP contribution in [0.3, 0.4) is 0 Å². The molecule has 0 saturated carbocycles. The summed E-state index contributed by atoms with van der Waals surface area (Å²) in [5.41, 5.74) is 3.56. The smallest absolute Gasteiger partial charge is 0.223 e. The molecule has 2 heterocycles. The molecule has 0 spiro atoms. The molecule has 172 valence electrons. The van der Waals surface area contributed by atoms with Gasteiger partial charge < -0.3 is 14.9 Å². The largest absolute Gasteiger partial charge is 0.439 e. The molecule has 0 aliphatic carbocycles. The van der Waals surface area contributed by atoms with E-state index >= 15 is 0 Å². The SMILES string of the molecule is CC(C)c1c(Oc2ccc(C(O)O)c(F)c2)nc2cc3[nH]ncc3cc2c1-c1ccc(F)cc1. The minimum atomic E-state index is -1.93. The second kappa shape index (κ2) is 8.48. The number of nitrogens with zero attached hydrogens (tertiary/aromatic N) is 2. The fraction of sp³-hybridized carbons (Fsp3) is 0.154. The van der Waals surface area contributed by atoms with Crippen molar-refractivity contribution < 1.29 is 23.7 Å². The van der Waals surface area contributed by atoms with E-state index in [1.54, 1.807) is 18.3 Å². The molecule has 0 aliphatic heterocycles. The highest BCUT2D eigenvalue weighted by Gasteiger charge is 2.22. The van der Waals surface area contributed by atoms with Crippen LogP contribution in [0.25, 0.3) is 32.9 Å². The number of rotatable bonds is 5. The third-order valence-electron chi connectivity index (χ3n) is 5.72. The van der Waals surface area contributed by atoms with Gasteiger partial charge >= 0.3 is 0 Å². The van der Waals surface area contributed by atoms with E-state index < -0.39 is 12.1 Å². The number of aromatic nitrogens is 3. The molecule has 34 heavy (non-hydrogen) atoms. The summed E-state index contributed by atoms with van der Waals surface area (Å²) in [6.45, 7) is 3.98. The number of aliphatic hydroxyl groups excluding tert-OH is 1. The highest BCUT2D eigenvalue weighted by Crippen LogP contribution is 2.42. The first-order valence-corrected chi connectivity index (χ1v) is 10.7. The van der Waals surface area contributed by atoms with Gasteiger partial charge in [-0.3, -0.25) is 5.10 Å². The standard InChI is InChI=1S/C26H21F2N3O3/c1-13(2)23-24(14-3-5-16(27)6-4-14)19-9-15-12-29-31-21(15)11-22(19)30-25(23)34-17-7-8-18(26(32)33)20(28)10-17/h3-13,26,32-33H,1-2H3,(H,29,31). The molecule has 0 unspecified atom stereocenters. The average Bonchev–Trinajstić information content (AvgIpc) is 3.24. The highest BCUT2D eigenvalue weighted by molar-refractivity contribution is 6.04. The normalized spacial score (nSPS) is 11.8. The molecule has 0 fully saturated rings. The first kappa shape index (κ1) is 21.9. The number of hydrogen-bond acceptors (Lipinski definition) is 5. The molecule has 5 rings (SSSR count). The van der Waals surface area contributed by atoms with Crippen molar-refractivity contribution >= 4 is 21.8 Å². The zero-order valence-corrected chi connectivity index (χ0v) is 18.4.